The van der Waals surface area contributed by atoms with Gasteiger partial charge in [-0.25, -0.2) is 0 Å². The fourth-order valence-electron chi connectivity index (χ4n) is 3.96. The maximum atomic E-state index is 12.3. The molecule has 0 fully saturated rings. The minimum atomic E-state index is -0.172. The molecule has 0 aliphatic heterocycles. The van der Waals surface area contributed by atoms with Crippen LogP contribution in [0.2, 0.25) is 0 Å². The van der Waals surface area contributed by atoms with Crippen molar-refractivity contribution in [1.29, 1.82) is 0 Å². The molecule has 0 saturated heterocycles. The van der Waals surface area contributed by atoms with Crippen molar-refractivity contribution >= 4 is 27.5 Å². The second kappa shape index (κ2) is 10.5. The number of rotatable bonds is 9. The van der Waals surface area contributed by atoms with E-state index in [1.54, 1.807) is 0 Å². The molecule has 2 aromatic rings. The first kappa shape index (κ1) is 24.5. The molecule has 0 heterocycles. The Labute approximate surface area is 190 Å². The summed E-state index contributed by atoms with van der Waals surface area (Å²) in [5.74, 6) is 0.531. The lowest BCUT2D eigenvalue weighted by Gasteiger charge is -2.33. The molecule has 0 aliphatic carbocycles. The fourth-order valence-corrected chi connectivity index (χ4v) is 4.49. The first-order valence-corrected chi connectivity index (χ1v) is 11.6. The van der Waals surface area contributed by atoms with E-state index in [9.17, 15) is 4.79 Å². The number of aryl methyl sites for hydroxylation is 1. The zero-order valence-corrected chi connectivity index (χ0v) is 20.9. The molecule has 0 spiro atoms. The van der Waals surface area contributed by atoms with E-state index >= 15 is 0 Å². The monoisotopic (exact) mass is 473 g/mol. The van der Waals surface area contributed by atoms with Crippen LogP contribution in [-0.2, 0) is 16.6 Å². The van der Waals surface area contributed by atoms with Crippen molar-refractivity contribution in [2.75, 3.05) is 11.9 Å². The minimum absolute atomic E-state index is 0.0191. The molecule has 1 amide bonds. The van der Waals surface area contributed by atoms with E-state index in [1.165, 1.54) is 17.5 Å². The lowest BCUT2D eigenvalue weighted by Crippen LogP contribution is -2.24. The van der Waals surface area contributed by atoms with Crippen LogP contribution in [0.5, 0.6) is 5.75 Å². The summed E-state index contributed by atoms with van der Waals surface area (Å²) in [5, 5.41) is 2.91. The van der Waals surface area contributed by atoms with Gasteiger partial charge in [-0.1, -0.05) is 66.2 Å². The summed E-state index contributed by atoms with van der Waals surface area (Å²) in [4.78, 5) is 12.3. The highest BCUT2D eigenvalue weighted by atomic mass is 79.9. The second-order valence-electron chi connectivity index (χ2n) is 9.90. The van der Waals surface area contributed by atoms with Crippen molar-refractivity contribution in [2.45, 2.75) is 72.6 Å². The van der Waals surface area contributed by atoms with Crippen LogP contribution in [-0.4, -0.2) is 12.5 Å². The van der Waals surface area contributed by atoms with Gasteiger partial charge in [-0.15, -0.1) is 0 Å². The Morgan fingerprint density at radius 3 is 2.27 bits per heavy atom. The van der Waals surface area contributed by atoms with Crippen LogP contribution in [0.1, 0.15) is 71.9 Å². The number of carbonyl (C=O) groups excluding carboxylic acids is 1. The molecule has 0 unspecified atom stereocenters. The molecule has 0 aromatic heterocycles. The predicted octanol–water partition coefficient (Wildman–Crippen LogP) is 7.52. The molecule has 1 N–H and O–H groups in total. The first-order valence-electron chi connectivity index (χ1n) is 10.8. The molecule has 164 valence electrons. The molecule has 30 heavy (non-hydrogen) atoms. The van der Waals surface area contributed by atoms with Crippen molar-refractivity contribution in [2.24, 2.45) is 5.41 Å². The Morgan fingerprint density at radius 1 is 1.03 bits per heavy atom. The Morgan fingerprint density at radius 2 is 1.70 bits per heavy atom. The van der Waals surface area contributed by atoms with Gasteiger partial charge in [0.1, 0.15) is 5.75 Å². The van der Waals surface area contributed by atoms with Gasteiger partial charge >= 0.3 is 0 Å². The number of amides is 1. The third-order valence-corrected chi connectivity index (χ3v) is 5.76. The molecule has 3 nitrogen and oxygen atoms in total. The van der Waals surface area contributed by atoms with Crippen LogP contribution in [0.3, 0.4) is 0 Å². The number of nitrogens with one attached hydrogen (secondary N) is 1. The van der Waals surface area contributed by atoms with E-state index in [4.69, 9.17) is 4.74 Å². The number of hydrogen-bond acceptors (Lipinski definition) is 2. The number of carbonyl (C=O) groups is 1. The SMILES string of the molecule is CCCCc1ccc(NC(=O)COc2ccc(C(C)(C)CC(C)(C)C)cc2)c(Br)c1. The highest BCUT2D eigenvalue weighted by molar-refractivity contribution is 9.10. The van der Waals surface area contributed by atoms with E-state index < -0.39 is 0 Å². The number of ether oxygens (including phenoxy) is 1. The second-order valence-corrected chi connectivity index (χ2v) is 10.8. The van der Waals surface area contributed by atoms with Crippen LogP contribution in [0, 0.1) is 5.41 Å². The summed E-state index contributed by atoms with van der Waals surface area (Å²) in [5.41, 5.74) is 3.67. The molecule has 0 radical (unpaired) electrons. The van der Waals surface area contributed by atoms with Crippen molar-refractivity contribution in [3.63, 3.8) is 0 Å². The van der Waals surface area contributed by atoms with E-state index in [-0.39, 0.29) is 23.3 Å². The number of benzene rings is 2. The van der Waals surface area contributed by atoms with Gasteiger partial charge < -0.3 is 10.1 Å². The van der Waals surface area contributed by atoms with Crippen LogP contribution < -0.4 is 10.1 Å². The van der Waals surface area contributed by atoms with E-state index in [0.29, 0.717) is 5.75 Å². The Hall–Kier alpha value is -1.81. The van der Waals surface area contributed by atoms with Crippen LogP contribution in [0.4, 0.5) is 5.69 Å². The van der Waals surface area contributed by atoms with E-state index in [1.807, 2.05) is 18.2 Å². The van der Waals surface area contributed by atoms with Crippen molar-refractivity contribution in [3.8, 4) is 5.75 Å². The zero-order valence-electron chi connectivity index (χ0n) is 19.3. The highest BCUT2D eigenvalue weighted by Crippen LogP contribution is 2.36. The predicted molar refractivity (Wildman–Crippen MR) is 130 cm³/mol. The summed E-state index contributed by atoms with van der Waals surface area (Å²) in [6, 6.07) is 14.2. The third kappa shape index (κ3) is 7.79. The van der Waals surface area contributed by atoms with E-state index in [2.05, 4.69) is 87.1 Å². The van der Waals surface area contributed by atoms with E-state index in [0.717, 1.165) is 29.4 Å². The molecule has 0 bridgehead atoms. The Balaban J connectivity index is 1.90. The molecule has 2 aromatic carbocycles. The van der Waals surface area contributed by atoms with Gasteiger partial charge in [-0.05, 0) is 81.4 Å². The lowest BCUT2D eigenvalue weighted by molar-refractivity contribution is -0.118. The Kier molecular flexibility index (Phi) is 8.54. The maximum Gasteiger partial charge on any atom is 0.262 e. The van der Waals surface area contributed by atoms with Crippen molar-refractivity contribution in [1.82, 2.24) is 0 Å². The first-order chi connectivity index (χ1) is 14.0. The zero-order chi connectivity index (χ0) is 22.4. The summed E-state index contributed by atoms with van der Waals surface area (Å²) < 4.78 is 6.60. The van der Waals surface area contributed by atoms with Gasteiger partial charge in [-0.2, -0.15) is 0 Å². The van der Waals surface area contributed by atoms with Gasteiger partial charge in [0.25, 0.3) is 5.91 Å². The topological polar surface area (TPSA) is 38.3 Å². The van der Waals surface area contributed by atoms with Crippen LogP contribution in [0.15, 0.2) is 46.9 Å². The molecule has 0 aliphatic rings. The fraction of sp³-hybridized carbons (Fsp3) is 0.500. The van der Waals surface area contributed by atoms with Gasteiger partial charge in [0, 0.05) is 4.47 Å². The third-order valence-electron chi connectivity index (χ3n) is 5.10. The van der Waals surface area contributed by atoms with Crippen LogP contribution in [0.25, 0.3) is 0 Å². The number of anilines is 1. The quantitative estimate of drug-likeness (QED) is 0.408. The van der Waals surface area contributed by atoms with Crippen LogP contribution >= 0.6 is 15.9 Å². The molecular formula is C26H36BrNO2. The average molecular weight is 474 g/mol. The standard InChI is InChI=1S/C26H36BrNO2/c1-7-8-9-19-10-15-23(22(27)16-19)28-24(29)17-30-21-13-11-20(12-14-21)26(5,6)18-25(2,3)4/h10-16H,7-9,17-18H2,1-6H3,(H,28,29). The number of hydrogen-bond donors (Lipinski definition) is 1. The van der Waals surface area contributed by atoms with Gasteiger partial charge in [0.15, 0.2) is 6.61 Å². The Bertz CT molecular complexity index is 835. The van der Waals surface area contributed by atoms with Gasteiger partial charge in [0.05, 0.1) is 5.69 Å². The minimum Gasteiger partial charge on any atom is -0.484 e. The highest BCUT2D eigenvalue weighted by Gasteiger charge is 2.27. The molecule has 2 rings (SSSR count). The summed E-state index contributed by atoms with van der Waals surface area (Å²) in [6.07, 6.45) is 4.48. The van der Waals surface area contributed by atoms with Gasteiger partial charge in [0.2, 0.25) is 0 Å². The average Bonchev–Trinajstić information content (AvgIpc) is 2.65. The number of unbranched alkanes of at least 4 members (excludes halogenated alkanes) is 1. The smallest absolute Gasteiger partial charge is 0.262 e. The molecular weight excluding hydrogens is 438 g/mol. The summed E-state index contributed by atoms with van der Waals surface area (Å²) in [7, 11) is 0. The summed E-state index contributed by atoms with van der Waals surface area (Å²) in [6.45, 7) is 13.5. The normalized spacial score (nSPS) is 12.0. The maximum absolute atomic E-state index is 12.3. The van der Waals surface area contributed by atoms with Gasteiger partial charge in [-0.3, -0.25) is 4.79 Å². The lowest BCUT2D eigenvalue weighted by atomic mass is 9.72. The van der Waals surface area contributed by atoms with Crippen molar-refractivity contribution < 1.29 is 9.53 Å². The molecule has 0 saturated carbocycles. The largest absolute Gasteiger partial charge is 0.484 e. The molecule has 0 atom stereocenters. The van der Waals surface area contributed by atoms with Crippen molar-refractivity contribution in [3.05, 3.63) is 58.1 Å². The number of halogens is 1. The molecule has 4 heteroatoms. The summed E-state index contributed by atoms with van der Waals surface area (Å²) >= 11 is 3.56.